The smallest absolute Gasteiger partial charge is 0.0974 e. The second-order valence-corrected chi connectivity index (χ2v) is 2.59. The van der Waals surface area contributed by atoms with Gasteiger partial charge in [0.05, 0.1) is 24.9 Å². The average Bonchev–Trinajstić information content (AvgIpc) is 1.95. The topological polar surface area (TPSA) is 72.7 Å². The lowest BCUT2D eigenvalue weighted by atomic mass is 9.99. The van der Waals surface area contributed by atoms with Crippen molar-refractivity contribution in [3.63, 3.8) is 0 Å². The van der Waals surface area contributed by atoms with Crippen LogP contribution in [0.4, 0.5) is 0 Å². The first-order valence-corrected chi connectivity index (χ1v) is 3.46. The number of aliphatic hydroxyl groups is 3. The van der Waals surface area contributed by atoms with Gasteiger partial charge >= 0.3 is 0 Å². The molecule has 1 aliphatic rings. The van der Waals surface area contributed by atoms with Crippen molar-refractivity contribution in [3.05, 3.63) is 0 Å². The normalized spacial score (nSPS) is 41.7. The van der Waals surface area contributed by atoms with Crippen LogP contribution < -0.4 is 5.32 Å². The lowest BCUT2D eigenvalue weighted by Gasteiger charge is -2.31. The SMILES string of the molecule is OCC1NCCC(O)[C@H]1O. The maximum atomic E-state index is 9.16. The predicted octanol–water partition coefficient (Wildman–Crippen LogP) is -1.94. The summed E-state index contributed by atoms with van der Waals surface area (Å²) in [5, 5.41) is 29.8. The summed E-state index contributed by atoms with van der Waals surface area (Å²) < 4.78 is 0. The molecule has 0 saturated carbocycles. The summed E-state index contributed by atoms with van der Waals surface area (Å²) in [6.45, 7) is 0.529. The average molecular weight is 147 g/mol. The molecule has 0 aromatic carbocycles. The zero-order valence-corrected chi connectivity index (χ0v) is 5.70. The summed E-state index contributed by atoms with van der Waals surface area (Å²) in [5.41, 5.74) is 0. The van der Waals surface area contributed by atoms with Gasteiger partial charge in [0.25, 0.3) is 0 Å². The van der Waals surface area contributed by atoms with Crippen molar-refractivity contribution < 1.29 is 15.3 Å². The number of hydrogen-bond acceptors (Lipinski definition) is 4. The van der Waals surface area contributed by atoms with Gasteiger partial charge in [-0.15, -0.1) is 0 Å². The van der Waals surface area contributed by atoms with Crippen LogP contribution in [0.1, 0.15) is 6.42 Å². The summed E-state index contributed by atoms with van der Waals surface area (Å²) in [5.74, 6) is 0. The number of hydrogen-bond donors (Lipinski definition) is 4. The summed E-state index contributed by atoms with van der Waals surface area (Å²) >= 11 is 0. The van der Waals surface area contributed by atoms with Gasteiger partial charge < -0.3 is 20.6 Å². The van der Waals surface area contributed by atoms with Crippen molar-refractivity contribution in [2.45, 2.75) is 24.7 Å². The van der Waals surface area contributed by atoms with Gasteiger partial charge in [0, 0.05) is 0 Å². The van der Waals surface area contributed by atoms with E-state index in [0.717, 1.165) is 0 Å². The molecular formula is C6H13NO3. The van der Waals surface area contributed by atoms with E-state index in [9.17, 15) is 0 Å². The Hall–Kier alpha value is -0.160. The standard InChI is InChI=1S/C6H13NO3/c8-3-4-6(10)5(9)1-2-7-4/h4-10H,1-3H2/t4?,5?,6-/m0/s1. The van der Waals surface area contributed by atoms with E-state index in [4.69, 9.17) is 15.3 Å². The van der Waals surface area contributed by atoms with Crippen molar-refractivity contribution in [1.29, 1.82) is 0 Å². The van der Waals surface area contributed by atoms with Crippen LogP contribution in [-0.4, -0.2) is 46.7 Å². The van der Waals surface area contributed by atoms with Gasteiger partial charge in [0.15, 0.2) is 0 Å². The molecule has 3 atom stereocenters. The minimum atomic E-state index is -0.821. The Bertz CT molecular complexity index is 109. The monoisotopic (exact) mass is 147 g/mol. The molecule has 2 unspecified atom stereocenters. The van der Waals surface area contributed by atoms with E-state index in [0.29, 0.717) is 13.0 Å². The lowest BCUT2D eigenvalue weighted by molar-refractivity contribution is -0.0382. The third-order valence-corrected chi connectivity index (χ3v) is 1.85. The summed E-state index contributed by atoms with van der Waals surface area (Å²) in [4.78, 5) is 0. The van der Waals surface area contributed by atoms with E-state index in [1.54, 1.807) is 0 Å². The van der Waals surface area contributed by atoms with Crippen LogP contribution in [0.15, 0.2) is 0 Å². The molecule has 0 aliphatic carbocycles. The molecule has 1 aliphatic heterocycles. The molecule has 1 saturated heterocycles. The molecule has 0 aromatic heterocycles. The number of rotatable bonds is 1. The van der Waals surface area contributed by atoms with Gasteiger partial charge in [-0.3, -0.25) is 0 Å². The van der Waals surface area contributed by atoms with Crippen molar-refractivity contribution in [2.24, 2.45) is 0 Å². The summed E-state index contributed by atoms with van der Waals surface area (Å²) in [7, 11) is 0. The first kappa shape index (κ1) is 7.94. The third kappa shape index (κ3) is 1.46. The first-order chi connectivity index (χ1) is 4.75. The van der Waals surface area contributed by atoms with Crippen LogP contribution in [-0.2, 0) is 0 Å². The van der Waals surface area contributed by atoms with Gasteiger partial charge in [0.1, 0.15) is 0 Å². The van der Waals surface area contributed by atoms with Crippen LogP contribution in [0, 0.1) is 0 Å². The van der Waals surface area contributed by atoms with E-state index in [1.807, 2.05) is 0 Å². The van der Waals surface area contributed by atoms with Crippen molar-refractivity contribution in [2.75, 3.05) is 13.2 Å². The van der Waals surface area contributed by atoms with E-state index >= 15 is 0 Å². The molecule has 1 rings (SSSR count). The highest BCUT2D eigenvalue weighted by molar-refractivity contribution is 4.85. The van der Waals surface area contributed by atoms with E-state index in [2.05, 4.69) is 5.32 Å². The molecule has 0 radical (unpaired) electrons. The number of nitrogens with one attached hydrogen (secondary N) is 1. The van der Waals surface area contributed by atoms with Crippen LogP contribution in [0.5, 0.6) is 0 Å². The highest BCUT2D eigenvalue weighted by Gasteiger charge is 2.28. The van der Waals surface area contributed by atoms with Gasteiger partial charge in [-0.05, 0) is 13.0 Å². The molecule has 0 bridgehead atoms. The summed E-state index contributed by atoms with van der Waals surface area (Å²) in [6.07, 6.45) is -0.949. The fourth-order valence-corrected chi connectivity index (χ4v) is 1.15. The van der Waals surface area contributed by atoms with Gasteiger partial charge in [-0.2, -0.15) is 0 Å². The Labute approximate surface area is 59.5 Å². The molecule has 0 spiro atoms. The predicted molar refractivity (Wildman–Crippen MR) is 35.5 cm³/mol. The Morgan fingerprint density at radius 2 is 2.10 bits per heavy atom. The molecule has 0 aromatic rings. The van der Waals surface area contributed by atoms with Crippen molar-refractivity contribution >= 4 is 0 Å². The highest BCUT2D eigenvalue weighted by Crippen LogP contribution is 2.08. The van der Waals surface area contributed by atoms with E-state index in [1.165, 1.54) is 0 Å². The molecule has 0 amide bonds. The highest BCUT2D eigenvalue weighted by atomic mass is 16.3. The Morgan fingerprint density at radius 3 is 2.60 bits per heavy atom. The molecule has 4 N–H and O–H groups in total. The summed E-state index contributed by atoms with van der Waals surface area (Å²) in [6, 6.07) is -0.358. The van der Waals surface area contributed by atoms with Crippen molar-refractivity contribution in [1.82, 2.24) is 5.32 Å². The molecular weight excluding hydrogens is 134 g/mol. The molecule has 1 fully saturated rings. The van der Waals surface area contributed by atoms with Gasteiger partial charge in [0.2, 0.25) is 0 Å². The fraction of sp³-hybridized carbons (Fsp3) is 1.00. The molecule has 1 heterocycles. The fourth-order valence-electron chi connectivity index (χ4n) is 1.15. The lowest BCUT2D eigenvalue weighted by Crippen LogP contribution is -2.54. The van der Waals surface area contributed by atoms with Crippen LogP contribution >= 0.6 is 0 Å². The zero-order chi connectivity index (χ0) is 7.56. The van der Waals surface area contributed by atoms with Gasteiger partial charge in [-0.25, -0.2) is 0 Å². The first-order valence-electron chi connectivity index (χ1n) is 3.46. The molecule has 10 heavy (non-hydrogen) atoms. The number of aliphatic hydroxyl groups excluding tert-OH is 3. The van der Waals surface area contributed by atoms with Crippen LogP contribution in [0.2, 0.25) is 0 Å². The van der Waals surface area contributed by atoms with Crippen molar-refractivity contribution in [3.8, 4) is 0 Å². The zero-order valence-electron chi connectivity index (χ0n) is 5.70. The maximum absolute atomic E-state index is 9.16. The third-order valence-electron chi connectivity index (χ3n) is 1.85. The minimum Gasteiger partial charge on any atom is -0.395 e. The van der Waals surface area contributed by atoms with Crippen LogP contribution in [0.25, 0.3) is 0 Å². The Kier molecular flexibility index (Phi) is 2.62. The molecule has 4 nitrogen and oxygen atoms in total. The van der Waals surface area contributed by atoms with Gasteiger partial charge in [-0.1, -0.05) is 0 Å². The van der Waals surface area contributed by atoms with Crippen LogP contribution in [0.3, 0.4) is 0 Å². The van der Waals surface area contributed by atoms with E-state index < -0.39 is 12.2 Å². The minimum absolute atomic E-state index is 0.127. The second-order valence-electron chi connectivity index (χ2n) is 2.59. The Balaban J connectivity index is 2.42. The Morgan fingerprint density at radius 1 is 1.40 bits per heavy atom. The number of piperidine rings is 1. The largest absolute Gasteiger partial charge is 0.395 e. The molecule has 60 valence electrons. The molecule has 4 heteroatoms. The quantitative estimate of drug-likeness (QED) is 0.348. The second kappa shape index (κ2) is 3.30. The maximum Gasteiger partial charge on any atom is 0.0974 e. The van der Waals surface area contributed by atoms with E-state index in [-0.39, 0.29) is 12.6 Å².